The van der Waals surface area contributed by atoms with E-state index in [2.05, 4.69) is 5.32 Å². The van der Waals surface area contributed by atoms with Crippen LogP contribution in [0.4, 0.5) is 23.7 Å². The summed E-state index contributed by atoms with van der Waals surface area (Å²) in [5.41, 5.74) is 2.50. The molecule has 2 N–H and O–H groups in total. The van der Waals surface area contributed by atoms with Gasteiger partial charge in [-0.25, -0.2) is 4.79 Å². The monoisotopic (exact) mass is 318 g/mol. The third-order valence-corrected chi connectivity index (χ3v) is 3.38. The quantitative estimate of drug-likeness (QED) is 0.876. The van der Waals surface area contributed by atoms with E-state index in [9.17, 15) is 18.0 Å². The molecule has 1 rings (SSSR count). The van der Waals surface area contributed by atoms with Crippen molar-refractivity contribution >= 4 is 11.7 Å². The summed E-state index contributed by atoms with van der Waals surface area (Å²) in [7, 11) is 1.21. The van der Waals surface area contributed by atoms with Crippen LogP contribution in [0.2, 0.25) is 0 Å². The van der Waals surface area contributed by atoms with Crippen molar-refractivity contribution in [3.05, 3.63) is 29.3 Å². The Balaban J connectivity index is 2.79. The molecule has 0 bridgehead atoms. The predicted molar refractivity (Wildman–Crippen MR) is 78.9 cm³/mol. The van der Waals surface area contributed by atoms with E-state index in [0.29, 0.717) is 12.1 Å². The fourth-order valence-corrected chi connectivity index (χ4v) is 1.92. The highest BCUT2D eigenvalue weighted by molar-refractivity contribution is 5.90. The Kier molecular flexibility index (Phi) is 6.22. The van der Waals surface area contributed by atoms with Crippen LogP contribution >= 0.6 is 0 Å². The molecule has 0 saturated carbocycles. The molecule has 7 heteroatoms. The molecule has 0 aliphatic carbocycles. The maximum atomic E-state index is 12.3. The molecular weight excluding hydrogens is 297 g/mol. The van der Waals surface area contributed by atoms with E-state index < -0.39 is 24.9 Å². The molecule has 0 fully saturated rings. The van der Waals surface area contributed by atoms with Gasteiger partial charge >= 0.3 is 12.2 Å². The summed E-state index contributed by atoms with van der Waals surface area (Å²) in [6, 6.07) is 4.96. The Bertz CT molecular complexity index is 518. The van der Waals surface area contributed by atoms with Crippen molar-refractivity contribution < 1.29 is 23.1 Å². The van der Waals surface area contributed by atoms with Crippen LogP contribution in [0.5, 0.6) is 0 Å². The maximum Gasteiger partial charge on any atom is 0.416 e. The molecule has 4 nitrogen and oxygen atoms in total. The number of carbonyl (C=O) groups is 1. The molecule has 0 heterocycles. The van der Waals surface area contributed by atoms with Crippen LogP contribution in [0, 0.1) is 0 Å². The van der Waals surface area contributed by atoms with Gasteiger partial charge in [-0.2, -0.15) is 13.2 Å². The molecule has 0 spiro atoms. The molecule has 22 heavy (non-hydrogen) atoms. The van der Waals surface area contributed by atoms with Gasteiger partial charge in [0, 0.05) is 12.7 Å². The second-order valence-electron chi connectivity index (χ2n) is 5.07. The minimum Gasteiger partial charge on any atom is -0.382 e. The van der Waals surface area contributed by atoms with Crippen molar-refractivity contribution in [3.63, 3.8) is 0 Å². The molecule has 0 aliphatic heterocycles. The first-order chi connectivity index (χ1) is 10.2. The molecule has 2 amide bonds. The summed E-state index contributed by atoms with van der Waals surface area (Å²) in [6.07, 6.45) is -5.83. The number of alkyl halides is 3. The second-order valence-corrected chi connectivity index (χ2v) is 5.07. The predicted octanol–water partition coefficient (Wildman–Crippen LogP) is 3.20. The number of aliphatic hydroxyl groups excluding tert-OH is 1. The van der Waals surface area contributed by atoms with E-state index in [1.54, 1.807) is 0 Å². The zero-order chi connectivity index (χ0) is 16.9. The van der Waals surface area contributed by atoms with Gasteiger partial charge < -0.3 is 15.3 Å². The van der Waals surface area contributed by atoms with Crippen molar-refractivity contribution in [2.24, 2.45) is 0 Å². The number of aliphatic hydroxyl groups is 1. The van der Waals surface area contributed by atoms with E-state index in [4.69, 9.17) is 5.11 Å². The molecule has 1 atom stereocenters. The number of benzene rings is 1. The fraction of sp³-hybridized carbons (Fsp3) is 0.533. The largest absolute Gasteiger partial charge is 0.416 e. The van der Waals surface area contributed by atoms with Crippen LogP contribution in [0.1, 0.15) is 25.0 Å². The van der Waals surface area contributed by atoms with Crippen molar-refractivity contribution in [1.29, 1.82) is 0 Å². The number of rotatable bonds is 5. The Labute approximate surface area is 127 Å². The molecule has 0 aliphatic rings. The Hall–Kier alpha value is -1.76. The third-order valence-electron chi connectivity index (χ3n) is 3.38. The average Bonchev–Trinajstić information content (AvgIpc) is 2.45. The van der Waals surface area contributed by atoms with Gasteiger partial charge in [-0.05, 0) is 30.0 Å². The van der Waals surface area contributed by atoms with Gasteiger partial charge in [-0.3, -0.25) is 0 Å². The van der Waals surface area contributed by atoms with E-state index in [1.165, 1.54) is 7.05 Å². The zero-order valence-corrected chi connectivity index (χ0v) is 12.9. The molecule has 0 saturated heterocycles. The number of urea groups is 1. The Morgan fingerprint density at radius 2 is 1.95 bits per heavy atom. The number of aryl methyl sites for hydroxylation is 2. The van der Waals surface area contributed by atoms with Gasteiger partial charge in [0.05, 0.1) is 6.54 Å². The molecule has 1 aromatic carbocycles. The number of nitrogens with one attached hydrogen (secondary N) is 1. The van der Waals surface area contributed by atoms with Crippen molar-refractivity contribution in [3.8, 4) is 0 Å². The lowest BCUT2D eigenvalue weighted by molar-refractivity contribution is -0.205. The molecule has 1 aromatic rings. The molecular formula is C15H21F3N2O2. The topological polar surface area (TPSA) is 52.6 Å². The van der Waals surface area contributed by atoms with E-state index >= 15 is 0 Å². The van der Waals surface area contributed by atoms with Crippen LogP contribution < -0.4 is 5.32 Å². The summed E-state index contributed by atoms with van der Waals surface area (Å²) in [5, 5.41) is 11.6. The van der Waals surface area contributed by atoms with Gasteiger partial charge in [0.2, 0.25) is 0 Å². The molecule has 0 aromatic heterocycles. The fourth-order valence-electron chi connectivity index (χ4n) is 1.92. The standard InChI is InChI=1S/C15H21F3N2O2/c1-4-10-6-7-11(5-2)12(8-10)19-14(22)20(3)9-13(21)15(16,17)18/h6-8,13,21H,4-5,9H2,1-3H3,(H,19,22). The summed E-state index contributed by atoms with van der Waals surface area (Å²) < 4.78 is 36.9. The number of likely N-dealkylation sites (N-methyl/N-ethyl adjacent to an activating group) is 1. The number of amides is 2. The first kappa shape index (κ1) is 18.3. The van der Waals surface area contributed by atoms with Gasteiger partial charge in [0.15, 0.2) is 6.10 Å². The number of nitrogens with zero attached hydrogens (tertiary/aromatic N) is 1. The normalized spacial score (nSPS) is 12.9. The first-order valence-electron chi connectivity index (χ1n) is 7.07. The highest BCUT2D eigenvalue weighted by Gasteiger charge is 2.39. The smallest absolute Gasteiger partial charge is 0.382 e. The van der Waals surface area contributed by atoms with Crippen LogP contribution in [-0.4, -0.2) is 41.9 Å². The zero-order valence-electron chi connectivity index (χ0n) is 12.9. The first-order valence-corrected chi connectivity index (χ1v) is 7.07. The highest BCUT2D eigenvalue weighted by atomic mass is 19.4. The van der Waals surface area contributed by atoms with Gasteiger partial charge in [-0.15, -0.1) is 0 Å². The second kappa shape index (κ2) is 7.49. The minimum atomic E-state index is -4.74. The van der Waals surface area contributed by atoms with E-state index in [-0.39, 0.29) is 0 Å². The highest BCUT2D eigenvalue weighted by Crippen LogP contribution is 2.22. The minimum absolute atomic E-state index is 0.584. The van der Waals surface area contributed by atoms with E-state index in [0.717, 1.165) is 22.4 Å². The van der Waals surface area contributed by atoms with Crippen molar-refractivity contribution in [2.45, 2.75) is 39.0 Å². The Morgan fingerprint density at radius 3 is 2.45 bits per heavy atom. The molecule has 1 unspecified atom stereocenters. The number of anilines is 1. The summed E-state index contributed by atoms with van der Waals surface area (Å²) >= 11 is 0. The SMILES string of the molecule is CCc1ccc(CC)c(NC(=O)N(C)CC(O)C(F)(F)F)c1. The number of hydrogen-bond acceptors (Lipinski definition) is 2. The Morgan fingerprint density at radius 1 is 1.32 bits per heavy atom. The van der Waals surface area contributed by atoms with Crippen LogP contribution in [-0.2, 0) is 12.8 Å². The number of carbonyl (C=O) groups excluding carboxylic acids is 1. The lowest BCUT2D eigenvalue weighted by atomic mass is 10.1. The number of halogens is 3. The van der Waals surface area contributed by atoms with E-state index in [1.807, 2.05) is 32.0 Å². The van der Waals surface area contributed by atoms with Gasteiger partial charge in [0.1, 0.15) is 0 Å². The molecule has 0 radical (unpaired) electrons. The maximum absolute atomic E-state index is 12.3. The van der Waals surface area contributed by atoms with Crippen molar-refractivity contribution in [2.75, 3.05) is 18.9 Å². The molecule has 124 valence electrons. The van der Waals surface area contributed by atoms with Crippen LogP contribution in [0.15, 0.2) is 18.2 Å². The summed E-state index contributed by atoms with van der Waals surface area (Å²) in [4.78, 5) is 12.8. The number of hydrogen-bond donors (Lipinski definition) is 2. The van der Waals surface area contributed by atoms with Crippen molar-refractivity contribution in [1.82, 2.24) is 4.90 Å². The van der Waals surface area contributed by atoms with Gasteiger partial charge in [0.25, 0.3) is 0 Å². The van der Waals surface area contributed by atoms with Crippen LogP contribution in [0.3, 0.4) is 0 Å². The van der Waals surface area contributed by atoms with Gasteiger partial charge in [-0.1, -0.05) is 26.0 Å². The third kappa shape index (κ3) is 4.91. The lowest BCUT2D eigenvalue weighted by Gasteiger charge is -2.23. The lowest BCUT2D eigenvalue weighted by Crippen LogP contribution is -2.43. The van der Waals surface area contributed by atoms with Crippen LogP contribution in [0.25, 0.3) is 0 Å². The average molecular weight is 318 g/mol. The summed E-state index contributed by atoms with van der Waals surface area (Å²) in [5.74, 6) is 0. The summed E-state index contributed by atoms with van der Waals surface area (Å²) in [6.45, 7) is 3.08.